The van der Waals surface area contributed by atoms with Gasteiger partial charge in [-0.1, -0.05) is 35.5 Å². The van der Waals surface area contributed by atoms with Gasteiger partial charge in [0.25, 0.3) is 10.8 Å². The SMILES string of the molecule is CCn1c(CSc2nc3cc(S(=O)(=O)N(C)C)ccc3o2)nc2c1c(=O)[nH]c(=O)n2Cc1ccc(Cl)cc1. The van der Waals surface area contributed by atoms with Crippen molar-refractivity contribution in [2.75, 3.05) is 14.1 Å². The molecule has 14 heteroatoms. The highest BCUT2D eigenvalue weighted by Gasteiger charge is 2.21. The molecule has 5 aromatic rings. The third-order valence-corrected chi connectivity index (χ3v) is 8.86. The fraction of sp³-hybridized carbons (Fsp3) is 0.250. The smallest absolute Gasteiger partial charge is 0.330 e. The molecule has 38 heavy (non-hydrogen) atoms. The molecule has 1 N–H and O–H groups in total. The molecule has 0 spiro atoms. The van der Waals surface area contributed by atoms with E-state index in [1.165, 1.54) is 42.6 Å². The Morgan fingerprint density at radius 2 is 1.82 bits per heavy atom. The van der Waals surface area contributed by atoms with Gasteiger partial charge >= 0.3 is 5.69 Å². The minimum Gasteiger partial charge on any atom is -0.431 e. The van der Waals surface area contributed by atoms with Crippen LogP contribution in [-0.4, -0.2) is 50.9 Å². The number of imidazole rings is 1. The first kappa shape index (κ1) is 26.2. The highest BCUT2D eigenvalue weighted by molar-refractivity contribution is 7.98. The number of thioether (sulfide) groups is 1. The minimum absolute atomic E-state index is 0.116. The van der Waals surface area contributed by atoms with Gasteiger partial charge in [0.2, 0.25) is 10.0 Å². The molecule has 0 saturated heterocycles. The second-order valence-electron chi connectivity index (χ2n) is 8.60. The molecule has 0 aliphatic heterocycles. The number of hydrogen-bond acceptors (Lipinski definition) is 8. The Hall–Kier alpha value is -3.39. The third kappa shape index (κ3) is 4.77. The van der Waals surface area contributed by atoms with Gasteiger partial charge in [0.1, 0.15) is 11.3 Å². The molecule has 0 fully saturated rings. The van der Waals surface area contributed by atoms with Crippen molar-refractivity contribution in [3.8, 4) is 0 Å². The van der Waals surface area contributed by atoms with E-state index in [1.807, 2.05) is 19.1 Å². The number of rotatable bonds is 8. The Labute approximate surface area is 226 Å². The van der Waals surface area contributed by atoms with Gasteiger partial charge in [-0.15, -0.1) is 0 Å². The zero-order valence-electron chi connectivity index (χ0n) is 20.6. The number of H-pyrrole nitrogens is 1. The molecule has 0 saturated carbocycles. The molecule has 0 atom stereocenters. The summed E-state index contributed by atoms with van der Waals surface area (Å²) in [5, 5.41) is 0.901. The van der Waals surface area contributed by atoms with Crippen LogP contribution >= 0.6 is 23.4 Å². The molecule has 0 aliphatic rings. The lowest BCUT2D eigenvalue weighted by Crippen LogP contribution is -2.31. The molecular weight excluding hydrogens is 552 g/mol. The van der Waals surface area contributed by atoms with Crippen molar-refractivity contribution in [1.82, 2.24) is 28.4 Å². The van der Waals surface area contributed by atoms with Crippen LogP contribution in [0.25, 0.3) is 22.3 Å². The van der Waals surface area contributed by atoms with E-state index in [2.05, 4.69) is 15.0 Å². The predicted molar refractivity (Wildman–Crippen MR) is 145 cm³/mol. The number of oxazole rings is 1. The number of aromatic amines is 1. The van der Waals surface area contributed by atoms with E-state index in [0.717, 1.165) is 9.87 Å². The molecule has 0 unspecified atom stereocenters. The van der Waals surface area contributed by atoms with Gasteiger partial charge in [-0.25, -0.2) is 27.5 Å². The Bertz CT molecular complexity index is 1890. The lowest BCUT2D eigenvalue weighted by molar-refractivity contribution is 0.489. The maximum atomic E-state index is 12.8. The predicted octanol–water partition coefficient (Wildman–Crippen LogP) is 3.29. The number of fused-ring (bicyclic) bond motifs is 2. The van der Waals surface area contributed by atoms with Crippen LogP contribution in [0.1, 0.15) is 18.3 Å². The maximum absolute atomic E-state index is 12.8. The molecule has 0 amide bonds. The molecule has 0 radical (unpaired) electrons. The second kappa shape index (κ2) is 10.1. The van der Waals surface area contributed by atoms with E-state index in [0.29, 0.717) is 45.0 Å². The Kier molecular flexibility index (Phi) is 6.94. The number of aromatic nitrogens is 5. The summed E-state index contributed by atoms with van der Waals surface area (Å²) in [6.07, 6.45) is 0. The highest BCUT2D eigenvalue weighted by Crippen LogP contribution is 2.29. The molecule has 3 aromatic heterocycles. The number of nitrogens with zero attached hydrogens (tertiary/aromatic N) is 5. The van der Waals surface area contributed by atoms with Crippen molar-refractivity contribution in [1.29, 1.82) is 0 Å². The molecule has 0 bridgehead atoms. The van der Waals surface area contributed by atoms with E-state index in [9.17, 15) is 18.0 Å². The number of sulfonamides is 1. The van der Waals surface area contributed by atoms with Gasteiger partial charge in [0.05, 0.1) is 17.2 Å². The number of benzene rings is 2. The van der Waals surface area contributed by atoms with Gasteiger partial charge < -0.3 is 8.98 Å². The summed E-state index contributed by atoms with van der Waals surface area (Å²) in [4.78, 5) is 37.1. The lowest BCUT2D eigenvalue weighted by Gasteiger charge is -2.10. The Morgan fingerprint density at radius 3 is 2.50 bits per heavy atom. The largest absolute Gasteiger partial charge is 0.431 e. The first-order valence-corrected chi connectivity index (χ1v) is 14.3. The minimum atomic E-state index is -3.61. The summed E-state index contributed by atoms with van der Waals surface area (Å²) in [6, 6.07) is 11.6. The number of nitrogens with one attached hydrogen (secondary N) is 1. The Balaban J connectivity index is 1.48. The van der Waals surface area contributed by atoms with Crippen molar-refractivity contribution in [2.24, 2.45) is 0 Å². The molecule has 198 valence electrons. The van der Waals surface area contributed by atoms with Crippen LogP contribution in [0.3, 0.4) is 0 Å². The zero-order valence-corrected chi connectivity index (χ0v) is 23.0. The first-order valence-electron chi connectivity index (χ1n) is 11.5. The number of halogens is 1. The summed E-state index contributed by atoms with van der Waals surface area (Å²) in [7, 11) is -0.687. The monoisotopic (exact) mass is 574 g/mol. The molecule has 5 rings (SSSR count). The summed E-state index contributed by atoms with van der Waals surface area (Å²) < 4.78 is 35.0. The van der Waals surface area contributed by atoms with E-state index >= 15 is 0 Å². The van der Waals surface area contributed by atoms with E-state index in [1.54, 1.807) is 22.8 Å². The fourth-order valence-electron chi connectivity index (χ4n) is 4.03. The average molecular weight is 575 g/mol. The van der Waals surface area contributed by atoms with Gasteiger partial charge in [-0.2, -0.15) is 0 Å². The van der Waals surface area contributed by atoms with E-state index < -0.39 is 21.3 Å². The summed E-state index contributed by atoms with van der Waals surface area (Å²) in [6.45, 7) is 2.55. The van der Waals surface area contributed by atoms with Crippen molar-refractivity contribution in [2.45, 2.75) is 35.9 Å². The van der Waals surface area contributed by atoms with Crippen LogP contribution in [0.15, 0.2) is 66.6 Å². The number of hydrogen-bond donors (Lipinski definition) is 1. The molecule has 3 heterocycles. The topological polar surface area (TPSA) is 136 Å². The number of aryl methyl sites for hydroxylation is 1. The van der Waals surface area contributed by atoms with Crippen molar-refractivity contribution in [3.63, 3.8) is 0 Å². The first-order chi connectivity index (χ1) is 18.1. The van der Waals surface area contributed by atoms with Crippen LogP contribution in [0, 0.1) is 0 Å². The average Bonchev–Trinajstić information content (AvgIpc) is 3.46. The van der Waals surface area contributed by atoms with Gasteiger partial charge in [0.15, 0.2) is 16.7 Å². The van der Waals surface area contributed by atoms with Gasteiger partial charge in [-0.05, 0) is 42.8 Å². The normalized spacial score (nSPS) is 12.2. The maximum Gasteiger partial charge on any atom is 0.330 e. The molecule has 0 aliphatic carbocycles. The molecule has 11 nitrogen and oxygen atoms in total. The lowest BCUT2D eigenvalue weighted by atomic mass is 10.2. The Morgan fingerprint density at radius 1 is 1.08 bits per heavy atom. The van der Waals surface area contributed by atoms with Crippen LogP contribution in [0.5, 0.6) is 0 Å². The zero-order chi connectivity index (χ0) is 27.2. The van der Waals surface area contributed by atoms with Crippen LogP contribution in [0.2, 0.25) is 5.02 Å². The summed E-state index contributed by atoms with van der Waals surface area (Å²) in [5.74, 6) is 0.860. The van der Waals surface area contributed by atoms with Crippen molar-refractivity contribution in [3.05, 3.63) is 79.7 Å². The van der Waals surface area contributed by atoms with Gasteiger partial charge in [0, 0.05) is 25.7 Å². The molecular formula is C24H23ClN6O5S2. The summed E-state index contributed by atoms with van der Waals surface area (Å²) >= 11 is 7.23. The van der Waals surface area contributed by atoms with Gasteiger partial charge in [-0.3, -0.25) is 14.3 Å². The van der Waals surface area contributed by atoms with Crippen molar-refractivity contribution >= 4 is 55.6 Å². The van der Waals surface area contributed by atoms with Crippen LogP contribution in [-0.2, 0) is 28.9 Å². The van der Waals surface area contributed by atoms with Crippen LogP contribution in [0.4, 0.5) is 0 Å². The van der Waals surface area contributed by atoms with Crippen LogP contribution < -0.4 is 11.2 Å². The van der Waals surface area contributed by atoms with E-state index in [-0.39, 0.29) is 17.1 Å². The second-order valence-corrected chi connectivity index (χ2v) is 12.1. The quantitative estimate of drug-likeness (QED) is 0.279. The van der Waals surface area contributed by atoms with E-state index in [4.69, 9.17) is 16.0 Å². The third-order valence-electron chi connectivity index (χ3n) is 5.98. The fourth-order valence-corrected chi connectivity index (χ4v) is 5.87. The highest BCUT2D eigenvalue weighted by atomic mass is 35.5. The van der Waals surface area contributed by atoms with Crippen molar-refractivity contribution < 1.29 is 12.8 Å². The standard InChI is InChI=1S/C24H23ClN6O5S2/c1-4-30-19(13-37-24-26-17-11-16(9-10-18(17)36-24)38(34,35)29(2)3)27-21-20(30)22(32)28-23(33)31(21)12-14-5-7-15(25)8-6-14/h5-11H,4,12-13H2,1-3H3,(H,28,32,33). The molecule has 2 aromatic carbocycles. The summed E-state index contributed by atoms with van der Waals surface area (Å²) in [5.41, 5.74) is 1.19.